The minimum atomic E-state index is -1.02. The maximum Gasteiger partial charge on any atom is 0.345 e. The second-order valence-corrected chi connectivity index (χ2v) is 5.41. The van der Waals surface area contributed by atoms with Gasteiger partial charge in [-0.15, -0.1) is 0 Å². The first-order valence-electron chi connectivity index (χ1n) is 5.56. The fraction of sp³-hybridized carbons (Fsp3) is 0.600. The zero-order valence-corrected chi connectivity index (χ0v) is 10.6. The number of nitro groups is 1. The van der Waals surface area contributed by atoms with Crippen LogP contribution in [0.25, 0.3) is 0 Å². The zero-order chi connectivity index (χ0) is 13.3. The molecule has 0 aliphatic carbocycles. The van der Waals surface area contributed by atoms with Crippen LogP contribution in [-0.2, 0) is 4.79 Å². The van der Waals surface area contributed by atoms with Gasteiger partial charge in [0.1, 0.15) is 11.7 Å². The van der Waals surface area contributed by atoms with Crippen molar-refractivity contribution in [2.45, 2.75) is 31.7 Å². The SMILES string of the molecule is CC1(C(=O)O)CCCCN1c1ncc([N+](=O)[O-])s1. The first-order valence-corrected chi connectivity index (χ1v) is 6.38. The number of carboxylic acids is 1. The van der Waals surface area contributed by atoms with E-state index in [1.165, 1.54) is 6.20 Å². The molecule has 1 aliphatic rings. The quantitative estimate of drug-likeness (QED) is 0.666. The minimum absolute atomic E-state index is 0.0664. The van der Waals surface area contributed by atoms with Gasteiger partial charge in [0.05, 0.1) is 4.92 Å². The van der Waals surface area contributed by atoms with E-state index in [1.807, 2.05) is 0 Å². The van der Waals surface area contributed by atoms with E-state index in [0.29, 0.717) is 18.1 Å². The van der Waals surface area contributed by atoms with Crippen molar-refractivity contribution in [3.05, 3.63) is 16.3 Å². The van der Waals surface area contributed by atoms with E-state index < -0.39 is 16.4 Å². The number of rotatable bonds is 3. The Balaban J connectivity index is 2.34. The normalized spacial score (nSPS) is 23.9. The lowest BCUT2D eigenvalue weighted by Gasteiger charge is -2.41. The molecule has 2 heterocycles. The molecule has 8 heteroatoms. The number of aromatic nitrogens is 1. The monoisotopic (exact) mass is 271 g/mol. The van der Waals surface area contributed by atoms with Crippen molar-refractivity contribution >= 4 is 27.4 Å². The maximum atomic E-state index is 11.4. The topological polar surface area (TPSA) is 96.6 Å². The standard InChI is InChI=1S/C10H13N3O4S/c1-10(8(14)15)4-2-3-5-12(10)9-11-6-7(18-9)13(16)17/h6H,2-5H2,1H3,(H,14,15). The largest absolute Gasteiger partial charge is 0.480 e. The van der Waals surface area contributed by atoms with Crippen LogP contribution in [0.5, 0.6) is 0 Å². The van der Waals surface area contributed by atoms with Gasteiger partial charge in [-0.2, -0.15) is 0 Å². The van der Waals surface area contributed by atoms with E-state index in [1.54, 1.807) is 11.8 Å². The van der Waals surface area contributed by atoms with Crippen LogP contribution in [0.2, 0.25) is 0 Å². The summed E-state index contributed by atoms with van der Waals surface area (Å²) in [6.45, 7) is 2.20. The third-order valence-corrected chi connectivity index (χ3v) is 4.22. The fourth-order valence-electron chi connectivity index (χ4n) is 2.12. The second-order valence-electron chi connectivity index (χ2n) is 4.43. The van der Waals surface area contributed by atoms with Crippen molar-refractivity contribution in [3.63, 3.8) is 0 Å². The first kappa shape index (κ1) is 12.7. The molecule has 1 N–H and O–H groups in total. The lowest BCUT2D eigenvalue weighted by Crippen LogP contribution is -2.55. The third-order valence-electron chi connectivity index (χ3n) is 3.24. The van der Waals surface area contributed by atoms with Crippen molar-refractivity contribution < 1.29 is 14.8 Å². The Kier molecular flexibility index (Phi) is 3.20. The van der Waals surface area contributed by atoms with E-state index in [-0.39, 0.29) is 5.00 Å². The van der Waals surface area contributed by atoms with Gasteiger partial charge in [-0.3, -0.25) is 10.1 Å². The number of carboxylic acid groups (broad SMARTS) is 1. The molecule has 1 aromatic heterocycles. The number of hydrogen-bond donors (Lipinski definition) is 1. The molecule has 7 nitrogen and oxygen atoms in total. The lowest BCUT2D eigenvalue weighted by molar-refractivity contribution is -0.380. The highest BCUT2D eigenvalue weighted by Gasteiger charge is 2.43. The maximum absolute atomic E-state index is 11.4. The predicted molar refractivity (Wildman–Crippen MR) is 66.0 cm³/mol. The van der Waals surface area contributed by atoms with Crippen LogP contribution in [0.4, 0.5) is 10.1 Å². The number of nitrogens with zero attached hydrogens (tertiary/aromatic N) is 3. The summed E-state index contributed by atoms with van der Waals surface area (Å²) in [5.41, 5.74) is -1.02. The number of anilines is 1. The van der Waals surface area contributed by atoms with Crippen LogP contribution in [0.3, 0.4) is 0 Å². The molecule has 1 atom stereocenters. The Morgan fingerprint density at radius 1 is 1.67 bits per heavy atom. The predicted octanol–water partition coefficient (Wildman–Crippen LogP) is 1.88. The van der Waals surface area contributed by atoms with Crippen LogP contribution >= 0.6 is 11.3 Å². The van der Waals surface area contributed by atoms with E-state index >= 15 is 0 Å². The molecule has 1 aromatic rings. The van der Waals surface area contributed by atoms with Gasteiger partial charge >= 0.3 is 11.0 Å². The zero-order valence-electron chi connectivity index (χ0n) is 9.83. The van der Waals surface area contributed by atoms with Gasteiger partial charge < -0.3 is 10.0 Å². The molecule has 0 spiro atoms. The van der Waals surface area contributed by atoms with E-state index in [9.17, 15) is 20.0 Å². The molecule has 1 unspecified atom stereocenters. The lowest BCUT2D eigenvalue weighted by atomic mass is 9.89. The molecule has 0 saturated carbocycles. The number of carbonyl (C=O) groups is 1. The Morgan fingerprint density at radius 3 is 2.94 bits per heavy atom. The number of thiazole rings is 1. The first-order chi connectivity index (χ1) is 8.45. The highest BCUT2D eigenvalue weighted by atomic mass is 32.1. The highest BCUT2D eigenvalue weighted by Crippen LogP contribution is 2.37. The van der Waals surface area contributed by atoms with Crippen LogP contribution in [0.1, 0.15) is 26.2 Å². The van der Waals surface area contributed by atoms with Crippen LogP contribution in [0.15, 0.2) is 6.20 Å². The molecule has 0 aromatic carbocycles. The molecule has 1 saturated heterocycles. The van der Waals surface area contributed by atoms with Crippen molar-refractivity contribution in [1.29, 1.82) is 0 Å². The fourth-order valence-corrected chi connectivity index (χ4v) is 2.99. The number of aliphatic carboxylic acids is 1. The van der Waals surface area contributed by atoms with Crippen LogP contribution in [0, 0.1) is 10.1 Å². The van der Waals surface area contributed by atoms with Gasteiger partial charge in [0, 0.05) is 6.54 Å². The van der Waals surface area contributed by atoms with E-state index in [2.05, 4.69) is 4.98 Å². The van der Waals surface area contributed by atoms with Crippen LogP contribution in [-0.4, -0.2) is 33.1 Å². The Labute approximate surface area is 107 Å². The Bertz CT molecular complexity index is 489. The summed E-state index contributed by atoms with van der Waals surface area (Å²) in [6.07, 6.45) is 3.41. The number of hydrogen-bond acceptors (Lipinski definition) is 6. The minimum Gasteiger partial charge on any atom is -0.480 e. The molecule has 0 bridgehead atoms. The highest BCUT2D eigenvalue weighted by molar-refractivity contribution is 7.18. The molecule has 2 rings (SSSR count). The summed E-state index contributed by atoms with van der Waals surface area (Å²) in [5, 5.41) is 20.3. The van der Waals surface area contributed by atoms with Gasteiger partial charge in [0.25, 0.3) is 0 Å². The van der Waals surface area contributed by atoms with Gasteiger partial charge in [0.2, 0.25) is 0 Å². The molecule has 0 radical (unpaired) electrons. The molecule has 1 aliphatic heterocycles. The summed E-state index contributed by atoms with van der Waals surface area (Å²) in [6, 6.07) is 0. The van der Waals surface area contributed by atoms with Gasteiger partial charge in [0.15, 0.2) is 5.13 Å². The average molecular weight is 271 g/mol. The molecule has 98 valence electrons. The summed E-state index contributed by atoms with van der Waals surface area (Å²) < 4.78 is 0. The van der Waals surface area contributed by atoms with Gasteiger partial charge in [-0.05, 0) is 37.5 Å². The third kappa shape index (κ3) is 2.03. The van der Waals surface area contributed by atoms with Gasteiger partial charge in [-0.1, -0.05) is 0 Å². The van der Waals surface area contributed by atoms with Crippen molar-refractivity contribution in [3.8, 4) is 0 Å². The van der Waals surface area contributed by atoms with E-state index in [4.69, 9.17) is 0 Å². The number of piperidine rings is 1. The molecule has 0 amide bonds. The van der Waals surface area contributed by atoms with Gasteiger partial charge in [-0.25, -0.2) is 9.78 Å². The van der Waals surface area contributed by atoms with Crippen molar-refractivity contribution in [2.75, 3.05) is 11.4 Å². The summed E-state index contributed by atoms with van der Waals surface area (Å²) in [7, 11) is 0. The summed E-state index contributed by atoms with van der Waals surface area (Å²) in [4.78, 5) is 27.2. The van der Waals surface area contributed by atoms with Crippen molar-refractivity contribution in [2.24, 2.45) is 0 Å². The smallest absolute Gasteiger partial charge is 0.345 e. The summed E-state index contributed by atoms with van der Waals surface area (Å²) in [5.74, 6) is -0.917. The Hall–Kier alpha value is -1.70. The molecule has 18 heavy (non-hydrogen) atoms. The average Bonchev–Trinajstić information content (AvgIpc) is 2.78. The van der Waals surface area contributed by atoms with Crippen molar-refractivity contribution in [1.82, 2.24) is 4.98 Å². The second kappa shape index (κ2) is 4.52. The van der Waals surface area contributed by atoms with Crippen LogP contribution < -0.4 is 4.90 Å². The molecule has 1 fully saturated rings. The van der Waals surface area contributed by atoms with E-state index in [0.717, 1.165) is 24.2 Å². The molecular weight excluding hydrogens is 258 g/mol. The summed E-state index contributed by atoms with van der Waals surface area (Å²) >= 11 is 0.920. The molecular formula is C10H13N3O4S. The Morgan fingerprint density at radius 2 is 2.39 bits per heavy atom.